The van der Waals surface area contributed by atoms with Crippen LogP contribution in [0.1, 0.15) is 5.56 Å². The SMILES string of the molecule is c1ccc(COc2ccccc2-c2ccccn2)cc1. The highest BCUT2D eigenvalue weighted by atomic mass is 16.5. The van der Waals surface area contributed by atoms with Gasteiger partial charge in [0.1, 0.15) is 12.4 Å². The molecule has 0 saturated heterocycles. The van der Waals surface area contributed by atoms with Gasteiger partial charge in [0.2, 0.25) is 0 Å². The van der Waals surface area contributed by atoms with Crippen LogP contribution < -0.4 is 4.74 Å². The summed E-state index contributed by atoms with van der Waals surface area (Å²) in [6, 6.07) is 24.0. The molecule has 0 aliphatic carbocycles. The summed E-state index contributed by atoms with van der Waals surface area (Å²) in [7, 11) is 0. The molecule has 2 nitrogen and oxygen atoms in total. The zero-order valence-corrected chi connectivity index (χ0v) is 11.1. The van der Waals surface area contributed by atoms with Crippen LogP contribution in [-0.2, 0) is 6.61 Å². The van der Waals surface area contributed by atoms with Gasteiger partial charge in [-0.05, 0) is 29.8 Å². The lowest BCUT2D eigenvalue weighted by molar-refractivity contribution is 0.307. The van der Waals surface area contributed by atoms with Gasteiger partial charge >= 0.3 is 0 Å². The standard InChI is InChI=1S/C18H15NO/c1-2-8-15(9-3-1)14-20-18-12-5-4-10-16(18)17-11-6-7-13-19-17/h1-13H,14H2. The molecule has 98 valence electrons. The molecule has 0 bridgehead atoms. The fourth-order valence-electron chi connectivity index (χ4n) is 2.06. The Morgan fingerprint density at radius 3 is 2.30 bits per heavy atom. The van der Waals surface area contributed by atoms with Crippen LogP contribution >= 0.6 is 0 Å². The lowest BCUT2D eigenvalue weighted by atomic mass is 10.1. The van der Waals surface area contributed by atoms with Crippen LogP contribution in [0.3, 0.4) is 0 Å². The molecular formula is C18H15NO. The quantitative estimate of drug-likeness (QED) is 0.697. The summed E-state index contributed by atoms with van der Waals surface area (Å²) in [5.74, 6) is 0.857. The summed E-state index contributed by atoms with van der Waals surface area (Å²) in [6.07, 6.45) is 1.79. The molecule has 0 spiro atoms. The van der Waals surface area contributed by atoms with Crippen molar-refractivity contribution < 1.29 is 4.74 Å². The monoisotopic (exact) mass is 261 g/mol. The molecule has 0 saturated carbocycles. The number of rotatable bonds is 4. The maximum atomic E-state index is 5.94. The predicted molar refractivity (Wildman–Crippen MR) is 80.4 cm³/mol. The third-order valence-electron chi connectivity index (χ3n) is 3.07. The molecule has 0 fully saturated rings. The van der Waals surface area contributed by atoms with E-state index in [1.807, 2.05) is 60.7 Å². The molecule has 0 N–H and O–H groups in total. The number of benzene rings is 2. The normalized spacial score (nSPS) is 10.2. The van der Waals surface area contributed by atoms with Crippen molar-refractivity contribution in [2.45, 2.75) is 6.61 Å². The van der Waals surface area contributed by atoms with Crippen LogP contribution in [0.2, 0.25) is 0 Å². The van der Waals surface area contributed by atoms with Crippen molar-refractivity contribution in [2.75, 3.05) is 0 Å². The van der Waals surface area contributed by atoms with Gasteiger partial charge in [-0.25, -0.2) is 0 Å². The van der Waals surface area contributed by atoms with E-state index in [4.69, 9.17) is 4.74 Å². The second-order valence-corrected chi connectivity index (χ2v) is 4.49. The first-order valence-corrected chi connectivity index (χ1v) is 6.60. The Morgan fingerprint density at radius 2 is 1.50 bits per heavy atom. The molecule has 1 aromatic heterocycles. The molecular weight excluding hydrogens is 246 g/mol. The van der Waals surface area contributed by atoms with Crippen molar-refractivity contribution in [3.05, 3.63) is 84.6 Å². The van der Waals surface area contributed by atoms with Crippen molar-refractivity contribution in [3.63, 3.8) is 0 Å². The molecule has 0 aliphatic rings. The average Bonchev–Trinajstić information content (AvgIpc) is 2.55. The first-order chi connectivity index (χ1) is 9.93. The number of pyridine rings is 1. The highest BCUT2D eigenvalue weighted by Crippen LogP contribution is 2.28. The van der Waals surface area contributed by atoms with Crippen LogP contribution in [0.25, 0.3) is 11.3 Å². The van der Waals surface area contributed by atoms with E-state index in [0.29, 0.717) is 6.61 Å². The number of hydrogen-bond donors (Lipinski definition) is 0. The Kier molecular flexibility index (Phi) is 3.74. The van der Waals surface area contributed by atoms with Crippen LogP contribution in [0.5, 0.6) is 5.75 Å². The molecule has 3 aromatic rings. The second kappa shape index (κ2) is 6.02. The van der Waals surface area contributed by atoms with E-state index < -0.39 is 0 Å². The van der Waals surface area contributed by atoms with Crippen molar-refractivity contribution in [2.24, 2.45) is 0 Å². The first-order valence-electron chi connectivity index (χ1n) is 6.60. The van der Waals surface area contributed by atoms with E-state index >= 15 is 0 Å². The van der Waals surface area contributed by atoms with Gasteiger partial charge in [0.05, 0.1) is 5.69 Å². The van der Waals surface area contributed by atoms with Crippen molar-refractivity contribution in [1.82, 2.24) is 4.98 Å². The van der Waals surface area contributed by atoms with Crippen molar-refractivity contribution >= 4 is 0 Å². The molecule has 20 heavy (non-hydrogen) atoms. The molecule has 0 aliphatic heterocycles. The molecule has 3 rings (SSSR count). The van der Waals surface area contributed by atoms with Gasteiger partial charge in [0.15, 0.2) is 0 Å². The topological polar surface area (TPSA) is 22.1 Å². The van der Waals surface area contributed by atoms with Gasteiger partial charge in [-0.3, -0.25) is 4.98 Å². The van der Waals surface area contributed by atoms with E-state index in [2.05, 4.69) is 17.1 Å². The summed E-state index contributed by atoms with van der Waals surface area (Å²) in [5.41, 5.74) is 3.10. The number of nitrogens with zero attached hydrogens (tertiary/aromatic N) is 1. The number of para-hydroxylation sites is 1. The van der Waals surface area contributed by atoms with Crippen molar-refractivity contribution in [1.29, 1.82) is 0 Å². The molecule has 2 heteroatoms. The van der Waals surface area contributed by atoms with Gasteiger partial charge in [0, 0.05) is 11.8 Å². The molecule has 0 unspecified atom stereocenters. The van der Waals surface area contributed by atoms with Gasteiger partial charge in [-0.1, -0.05) is 48.5 Å². The predicted octanol–water partition coefficient (Wildman–Crippen LogP) is 4.33. The summed E-state index contributed by atoms with van der Waals surface area (Å²) >= 11 is 0. The lowest BCUT2D eigenvalue weighted by Crippen LogP contribution is -1.97. The number of ether oxygens (including phenoxy) is 1. The zero-order chi connectivity index (χ0) is 13.6. The summed E-state index contributed by atoms with van der Waals surface area (Å²) in [6.45, 7) is 0.560. The van der Waals surface area contributed by atoms with Crippen LogP contribution in [0, 0.1) is 0 Å². The Morgan fingerprint density at radius 1 is 0.750 bits per heavy atom. The highest BCUT2D eigenvalue weighted by molar-refractivity contribution is 5.66. The molecule has 1 heterocycles. The lowest BCUT2D eigenvalue weighted by Gasteiger charge is -2.11. The summed E-state index contributed by atoms with van der Waals surface area (Å²) in [4.78, 5) is 4.38. The molecule has 0 amide bonds. The molecule has 0 radical (unpaired) electrons. The average molecular weight is 261 g/mol. The van der Waals surface area contributed by atoms with Crippen LogP contribution in [-0.4, -0.2) is 4.98 Å². The summed E-state index contributed by atoms with van der Waals surface area (Å²) in [5, 5.41) is 0. The Bertz CT molecular complexity index is 665. The highest BCUT2D eigenvalue weighted by Gasteiger charge is 2.06. The van der Waals surface area contributed by atoms with E-state index in [-0.39, 0.29) is 0 Å². The molecule has 0 atom stereocenters. The largest absolute Gasteiger partial charge is 0.488 e. The van der Waals surface area contributed by atoms with Crippen LogP contribution in [0.15, 0.2) is 79.0 Å². The minimum Gasteiger partial charge on any atom is -0.488 e. The minimum atomic E-state index is 0.560. The molecule has 2 aromatic carbocycles. The van der Waals surface area contributed by atoms with Crippen LogP contribution in [0.4, 0.5) is 0 Å². The van der Waals surface area contributed by atoms with E-state index in [1.54, 1.807) is 6.20 Å². The Hall–Kier alpha value is -2.61. The summed E-state index contributed by atoms with van der Waals surface area (Å²) < 4.78 is 5.94. The fraction of sp³-hybridized carbons (Fsp3) is 0.0556. The van der Waals surface area contributed by atoms with E-state index in [9.17, 15) is 0 Å². The Labute approximate surface area is 118 Å². The second-order valence-electron chi connectivity index (χ2n) is 4.49. The van der Waals surface area contributed by atoms with Crippen molar-refractivity contribution in [3.8, 4) is 17.0 Å². The third kappa shape index (κ3) is 2.86. The first kappa shape index (κ1) is 12.4. The maximum Gasteiger partial charge on any atom is 0.129 e. The van der Waals surface area contributed by atoms with Gasteiger partial charge in [0.25, 0.3) is 0 Å². The minimum absolute atomic E-state index is 0.560. The zero-order valence-electron chi connectivity index (χ0n) is 11.1. The van der Waals surface area contributed by atoms with Gasteiger partial charge in [-0.15, -0.1) is 0 Å². The smallest absolute Gasteiger partial charge is 0.129 e. The van der Waals surface area contributed by atoms with Gasteiger partial charge < -0.3 is 4.74 Å². The van der Waals surface area contributed by atoms with Gasteiger partial charge in [-0.2, -0.15) is 0 Å². The number of aromatic nitrogens is 1. The maximum absolute atomic E-state index is 5.94. The Balaban J connectivity index is 1.84. The third-order valence-corrected chi connectivity index (χ3v) is 3.07. The van der Waals surface area contributed by atoms with E-state index in [0.717, 1.165) is 22.6 Å². The number of hydrogen-bond acceptors (Lipinski definition) is 2. The fourth-order valence-corrected chi connectivity index (χ4v) is 2.06. The van der Waals surface area contributed by atoms with E-state index in [1.165, 1.54) is 0 Å².